The van der Waals surface area contributed by atoms with Crippen LogP contribution in [-0.4, -0.2) is 49.2 Å². The van der Waals surface area contributed by atoms with Crippen LogP contribution in [0.3, 0.4) is 0 Å². The molecule has 98 valence electrons. The second-order valence-corrected chi connectivity index (χ2v) is 4.88. The SMILES string of the molecule is OC[C@@H](O)[C@H](O)[C@@H](O)c1nc2ccc(Br)cc2[nH]1. The van der Waals surface area contributed by atoms with Crippen molar-refractivity contribution in [2.75, 3.05) is 6.61 Å². The first-order valence-corrected chi connectivity index (χ1v) is 6.12. The highest BCUT2D eigenvalue weighted by atomic mass is 79.9. The summed E-state index contributed by atoms with van der Waals surface area (Å²) in [7, 11) is 0. The molecule has 5 N–H and O–H groups in total. The summed E-state index contributed by atoms with van der Waals surface area (Å²) in [5.41, 5.74) is 1.34. The van der Waals surface area contributed by atoms with E-state index in [0.717, 1.165) is 4.47 Å². The number of benzene rings is 1. The fourth-order valence-electron chi connectivity index (χ4n) is 1.62. The summed E-state index contributed by atoms with van der Waals surface area (Å²) >= 11 is 3.31. The van der Waals surface area contributed by atoms with Crippen LogP contribution in [0.5, 0.6) is 0 Å². The van der Waals surface area contributed by atoms with E-state index in [1.165, 1.54) is 0 Å². The average Bonchev–Trinajstić information content (AvgIpc) is 2.78. The van der Waals surface area contributed by atoms with Gasteiger partial charge in [0.05, 0.1) is 17.6 Å². The Hall–Kier alpha value is -0.990. The van der Waals surface area contributed by atoms with Gasteiger partial charge in [-0.2, -0.15) is 0 Å². The van der Waals surface area contributed by atoms with Crippen LogP contribution >= 0.6 is 15.9 Å². The highest BCUT2D eigenvalue weighted by Crippen LogP contribution is 2.22. The Labute approximate surface area is 111 Å². The van der Waals surface area contributed by atoms with Crippen LogP contribution in [0, 0.1) is 0 Å². The molecule has 1 aromatic carbocycles. The Kier molecular flexibility index (Phi) is 3.98. The number of aliphatic hydroxyl groups excluding tert-OH is 4. The maximum absolute atomic E-state index is 9.83. The lowest BCUT2D eigenvalue weighted by atomic mass is 10.1. The number of nitrogens with zero attached hydrogens (tertiary/aromatic N) is 1. The fourth-order valence-corrected chi connectivity index (χ4v) is 1.98. The number of imidazole rings is 1. The number of aromatic nitrogens is 2. The predicted molar refractivity (Wildman–Crippen MR) is 67.9 cm³/mol. The molecule has 2 rings (SSSR count). The molecule has 0 amide bonds. The lowest BCUT2D eigenvalue weighted by Gasteiger charge is -2.19. The minimum Gasteiger partial charge on any atom is -0.394 e. The van der Waals surface area contributed by atoms with Crippen LogP contribution in [-0.2, 0) is 0 Å². The van der Waals surface area contributed by atoms with E-state index >= 15 is 0 Å². The fraction of sp³-hybridized carbons (Fsp3) is 0.364. The average molecular weight is 317 g/mol. The number of nitrogens with one attached hydrogen (secondary N) is 1. The predicted octanol–water partition coefficient (Wildman–Crippen LogP) is 0.0729. The summed E-state index contributed by atoms with van der Waals surface area (Å²) < 4.78 is 0.857. The highest BCUT2D eigenvalue weighted by Gasteiger charge is 2.27. The Morgan fingerprint density at radius 2 is 2.00 bits per heavy atom. The quantitative estimate of drug-likeness (QED) is 0.548. The van der Waals surface area contributed by atoms with Gasteiger partial charge in [-0.05, 0) is 18.2 Å². The molecular formula is C11H13BrN2O4. The molecule has 0 aliphatic heterocycles. The van der Waals surface area contributed by atoms with Gasteiger partial charge in [0.2, 0.25) is 0 Å². The van der Waals surface area contributed by atoms with E-state index in [4.69, 9.17) is 5.11 Å². The highest BCUT2D eigenvalue weighted by molar-refractivity contribution is 9.10. The van der Waals surface area contributed by atoms with Crippen molar-refractivity contribution in [1.29, 1.82) is 0 Å². The third kappa shape index (κ3) is 2.55. The molecule has 18 heavy (non-hydrogen) atoms. The van der Waals surface area contributed by atoms with Crippen LogP contribution in [0.1, 0.15) is 11.9 Å². The molecule has 0 aliphatic rings. The summed E-state index contributed by atoms with van der Waals surface area (Å²) in [6.45, 7) is -0.635. The van der Waals surface area contributed by atoms with Crippen molar-refractivity contribution >= 4 is 27.0 Å². The van der Waals surface area contributed by atoms with Crippen molar-refractivity contribution in [2.45, 2.75) is 18.3 Å². The Morgan fingerprint density at radius 3 is 2.67 bits per heavy atom. The van der Waals surface area contributed by atoms with E-state index in [0.29, 0.717) is 11.0 Å². The number of hydrogen-bond acceptors (Lipinski definition) is 5. The zero-order valence-corrected chi connectivity index (χ0v) is 10.9. The first-order valence-electron chi connectivity index (χ1n) is 5.33. The van der Waals surface area contributed by atoms with Crippen LogP contribution in [0.25, 0.3) is 11.0 Å². The van der Waals surface area contributed by atoms with Crippen molar-refractivity contribution in [3.8, 4) is 0 Å². The van der Waals surface area contributed by atoms with Gasteiger partial charge in [0.1, 0.15) is 24.1 Å². The van der Waals surface area contributed by atoms with Crippen molar-refractivity contribution in [2.24, 2.45) is 0 Å². The summed E-state index contributed by atoms with van der Waals surface area (Å²) in [4.78, 5) is 6.96. The monoisotopic (exact) mass is 316 g/mol. The van der Waals surface area contributed by atoms with Gasteiger partial charge in [0.25, 0.3) is 0 Å². The van der Waals surface area contributed by atoms with Crippen LogP contribution < -0.4 is 0 Å². The number of fused-ring (bicyclic) bond motifs is 1. The van der Waals surface area contributed by atoms with Gasteiger partial charge < -0.3 is 25.4 Å². The van der Waals surface area contributed by atoms with E-state index in [-0.39, 0.29) is 5.82 Å². The summed E-state index contributed by atoms with van der Waals surface area (Å²) in [5.74, 6) is 0.142. The second kappa shape index (κ2) is 5.33. The zero-order valence-electron chi connectivity index (χ0n) is 9.29. The van der Waals surface area contributed by atoms with Gasteiger partial charge in [-0.25, -0.2) is 4.98 Å². The normalized spacial score (nSPS) is 16.7. The zero-order chi connectivity index (χ0) is 13.3. The number of aromatic amines is 1. The Morgan fingerprint density at radius 1 is 1.28 bits per heavy atom. The molecule has 0 aliphatic carbocycles. The molecule has 0 unspecified atom stereocenters. The van der Waals surface area contributed by atoms with Gasteiger partial charge in [-0.1, -0.05) is 15.9 Å². The standard InChI is InChI=1S/C11H13BrN2O4/c12-5-1-2-6-7(3-5)14-11(13-6)10(18)9(17)8(16)4-15/h1-3,8-10,15-18H,4H2,(H,13,14)/t8-,9+,10-/m1/s1. The summed E-state index contributed by atoms with van der Waals surface area (Å²) in [6.07, 6.45) is -4.31. The molecule has 3 atom stereocenters. The largest absolute Gasteiger partial charge is 0.394 e. The van der Waals surface area contributed by atoms with E-state index < -0.39 is 24.9 Å². The first kappa shape index (κ1) is 13.4. The molecule has 1 heterocycles. The van der Waals surface area contributed by atoms with Crippen LogP contribution in [0.2, 0.25) is 0 Å². The number of H-pyrrole nitrogens is 1. The molecule has 0 bridgehead atoms. The maximum atomic E-state index is 9.83. The molecule has 7 heteroatoms. The third-order valence-corrected chi connectivity index (χ3v) is 3.14. The van der Waals surface area contributed by atoms with Crippen molar-refractivity contribution < 1.29 is 20.4 Å². The number of halogens is 1. The van der Waals surface area contributed by atoms with Gasteiger partial charge in [-0.15, -0.1) is 0 Å². The number of hydrogen-bond donors (Lipinski definition) is 5. The third-order valence-electron chi connectivity index (χ3n) is 2.65. The van der Waals surface area contributed by atoms with Gasteiger partial charge in [-0.3, -0.25) is 0 Å². The minimum atomic E-state index is -1.50. The second-order valence-electron chi connectivity index (χ2n) is 3.97. The van der Waals surface area contributed by atoms with Gasteiger partial charge in [0, 0.05) is 4.47 Å². The van der Waals surface area contributed by atoms with Crippen LogP contribution in [0.15, 0.2) is 22.7 Å². The lowest BCUT2D eigenvalue weighted by molar-refractivity contribution is -0.0800. The topological polar surface area (TPSA) is 110 Å². The van der Waals surface area contributed by atoms with Gasteiger partial charge >= 0.3 is 0 Å². The maximum Gasteiger partial charge on any atom is 0.140 e. The van der Waals surface area contributed by atoms with E-state index in [2.05, 4.69) is 25.9 Å². The number of aliphatic hydroxyl groups is 4. The molecule has 0 saturated heterocycles. The van der Waals surface area contributed by atoms with Crippen molar-refractivity contribution in [3.63, 3.8) is 0 Å². The van der Waals surface area contributed by atoms with Crippen molar-refractivity contribution in [3.05, 3.63) is 28.5 Å². The molecular weight excluding hydrogens is 304 g/mol. The molecule has 0 saturated carbocycles. The van der Waals surface area contributed by atoms with Gasteiger partial charge in [0.15, 0.2) is 0 Å². The van der Waals surface area contributed by atoms with Crippen molar-refractivity contribution in [1.82, 2.24) is 9.97 Å². The van der Waals surface area contributed by atoms with Crippen LogP contribution in [0.4, 0.5) is 0 Å². The Balaban J connectivity index is 2.30. The first-order chi connectivity index (χ1) is 8.52. The lowest BCUT2D eigenvalue weighted by Crippen LogP contribution is -2.35. The smallest absolute Gasteiger partial charge is 0.140 e. The molecule has 1 aromatic heterocycles. The van der Waals surface area contributed by atoms with E-state index in [9.17, 15) is 15.3 Å². The summed E-state index contributed by atoms with van der Waals surface area (Å²) in [5, 5.41) is 37.4. The number of rotatable bonds is 4. The molecule has 2 aromatic rings. The van der Waals surface area contributed by atoms with E-state index in [1.807, 2.05) is 0 Å². The Bertz CT molecular complexity index is 545. The molecule has 0 fully saturated rings. The minimum absolute atomic E-state index is 0.142. The molecule has 0 radical (unpaired) electrons. The molecule has 6 nitrogen and oxygen atoms in total. The van der Waals surface area contributed by atoms with E-state index in [1.54, 1.807) is 18.2 Å². The summed E-state index contributed by atoms with van der Waals surface area (Å²) in [6, 6.07) is 5.34. The molecule has 0 spiro atoms.